The van der Waals surface area contributed by atoms with Crippen molar-refractivity contribution in [2.75, 3.05) is 6.61 Å². The molecule has 1 fully saturated rings. The van der Waals surface area contributed by atoms with Gasteiger partial charge in [-0.1, -0.05) is 6.92 Å². The molecular weight excluding hydrogens is 164 g/mol. The fourth-order valence-corrected chi connectivity index (χ4v) is 1.45. The standard InChI is InChI=1S/C10H14N2O/c1-2-8-3-6-11-9(12-8)10(7-13)4-5-10/h3,6,13H,2,4-5,7H2,1H3. The van der Waals surface area contributed by atoms with E-state index in [4.69, 9.17) is 0 Å². The minimum Gasteiger partial charge on any atom is -0.395 e. The summed E-state index contributed by atoms with van der Waals surface area (Å²) in [5.41, 5.74) is 0.968. The number of aliphatic hydroxyl groups is 1. The first kappa shape index (κ1) is 8.63. The van der Waals surface area contributed by atoms with Crippen LogP contribution in [0.2, 0.25) is 0 Å². The Labute approximate surface area is 77.8 Å². The Bertz CT molecular complexity index is 308. The van der Waals surface area contributed by atoms with Crippen LogP contribution >= 0.6 is 0 Å². The van der Waals surface area contributed by atoms with E-state index < -0.39 is 0 Å². The van der Waals surface area contributed by atoms with Gasteiger partial charge < -0.3 is 5.11 Å². The fraction of sp³-hybridized carbons (Fsp3) is 0.600. The monoisotopic (exact) mass is 178 g/mol. The molecule has 0 radical (unpaired) electrons. The Hall–Kier alpha value is -0.960. The lowest BCUT2D eigenvalue weighted by Crippen LogP contribution is -2.16. The molecule has 0 atom stereocenters. The maximum atomic E-state index is 9.19. The zero-order valence-electron chi connectivity index (χ0n) is 7.82. The fourth-order valence-electron chi connectivity index (χ4n) is 1.45. The van der Waals surface area contributed by atoms with Crippen molar-refractivity contribution in [3.05, 3.63) is 23.8 Å². The number of hydrogen-bond acceptors (Lipinski definition) is 3. The van der Waals surface area contributed by atoms with E-state index in [1.807, 2.05) is 6.07 Å². The molecule has 0 aromatic carbocycles. The molecule has 70 valence electrons. The van der Waals surface area contributed by atoms with Gasteiger partial charge in [0.2, 0.25) is 0 Å². The number of aryl methyl sites for hydroxylation is 1. The lowest BCUT2D eigenvalue weighted by molar-refractivity contribution is 0.249. The van der Waals surface area contributed by atoms with E-state index in [-0.39, 0.29) is 12.0 Å². The lowest BCUT2D eigenvalue weighted by atomic mass is 10.1. The predicted molar refractivity (Wildman–Crippen MR) is 49.4 cm³/mol. The number of hydrogen-bond donors (Lipinski definition) is 1. The second-order valence-electron chi connectivity index (χ2n) is 3.66. The van der Waals surface area contributed by atoms with Crippen LogP contribution in [-0.2, 0) is 11.8 Å². The topological polar surface area (TPSA) is 46.0 Å². The van der Waals surface area contributed by atoms with E-state index in [0.717, 1.165) is 30.8 Å². The maximum absolute atomic E-state index is 9.19. The number of aromatic nitrogens is 2. The van der Waals surface area contributed by atoms with Crippen LogP contribution in [0.3, 0.4) is 0 Å². The quantitative estimate of drug-likeness (QED) is 0.752. The summed E-state index contributed by atoms with van der Waals surface area (Å²) >= 11 is 0. The van der Waals surface area contributed by atoms with E-state index in [1.54, 1.807) is 6.20 Å². The Balaban J connectivity index is 2.30. The highest BCUT2D eigenvalue weighted by molar-refractivity contribution is 5.19. The zero-order chi connectivity index (χ0) is 9.31. The van der Waals surface area contributed by atoms with Gasteiger partial charge in [-0.15, -0.1) is 0 Å². The zero-order valence-corrected chi connectivity index (χ0v) is 7.82. The van der Waals surface area contributed by atoms with Gasteiger partial charge in [0.05, 0.1) is 12.0 Å². The number of aliphatic hydroxyl groups excluding tert-OH is 1. The van der Waals surface area contributed by atoms with Gasteiger partial charge in [0.25, 0.3) is 0 Å². The summed E-state index contributed by atoms with van der Waals surface area (Å²) in [6.07, 6.45) is 4.77. The van der Waals surface area contributed by atoms with Gasteiger partial charge >= 0.3 is 0 Å². The average Bonchev–Trinajstić information content (AvgIpc) is 2.99. The van der Waals surface area contributed by atoms with Crippen LogP contribution in [0, 0.1) is 0 Å². The molecule has 0 aliphatic heterocycles. The summed E-state index contributed by atoms with van der Waals surface area (Å²) in [5.74, 6) is 0.828. The summed E-state index contributed by atoms with van der Waals surface area (Å²) in [7, 11) is 0. The third kappa shape index (κ3) is 1.44. The van der Waals surface area contributed by atoms with Gasteiger partial charge in [-0.05, 0) is 25.3 Å². The summed E-state index contributed by atoms with van der Waals surface area (Å²) in [4.78, 5) is 8.65. The summed E-state index contributed by atoms with van der Waals surface area (Å²) in [5, 5.41) is 9.19. The van der Waals surface area contributed by atoms with Crippen LogP contribution in [-0.4, -0.2) is 21.7 Å². The third-order valence-electron chi connectivity index (χ3n) is 2.71. The third-order valence-corrected chi connectivity index (χ3v) is 2.71. The summed E-state index contributed by atoms with van der Waals surface area (Å²) in [6.45, 7) is 2.25. The summed E-state index contributed by atoms with van der Waals surface area (Å²) in [6, 6.07) is 1.93. The highest BCUT2D eigenvalue weighted by atomic mass is 16.3. The molecule has 3 heteroatoms. The van der Waals surface area contributed by atoms with Crippen LogP contribution in [0.1, 0.15) is 31.3 Å². The first-order valence-electron chi connectivity index (χ1n) is 4.74. The molecule has 0 amide bonds. The van der Waals surface area contributed by atoms with Crippen molar-refractivity contribution in [3.63, 3.8) is 0 Å². The van der Waals surface area contributed by atoms with E-state index in [1.165, 1.54) is 0 Å². The smallest absolute Gasteiger partial charge is 0.136 e. The van der Waals surface area contributed by atoms with E-state index in [2.05, 4.69) is 16.9 Å². The van der Waals surface area contributed by atoms with Crippen molar-refractivity contribution in [1.29, 1.82) is 0 Å². The minimum atomic E-state index is -0.0921. The van der Waals surface area contributed by atoms with Crippen molar-refractivity contribution in [2.24, 2.45) is 0 Å². The van der Waals surface area contributed by atoms with Gasteiger partial charge in [0, 0.05) is 11.9 Å². The Morgan fingerprint density at radius 1 is 1.54 bits per heavy atom. The van der Waals surface area contributed by atoms with E-state index >= 15 is 0 Å². The van der Waals surface area contributed by atoms with Crippen LogP contribution in [0.25, 0.3) is 0 Å². The Morgan fingerprint density at radius 3 is 2.85 bits per heavy atom. The molecular formula is C10H14N2O. The molecule has 0 spiro atoms. The largest absolute Gasteiger partial charge is 0.395 e. The molecule has 13 heavy (non-hydrogen) atoms. The molecule has 1 saturated carbocycles. The highest BCUT2D eigenvalue weighted by Crippen LogP contribution is 2.45. The molecule has 0 unspecified atom stereocenters. The molecule has 1 aromatic rings. The van der Waals surface area contributed by atoms with Gasteiger partial charge in [0.1, 0.15) is 5.82 Å². The van der Waals surface area contributed by atoms with Crippen molar-refractivity contribution in [2.45, 2.75) is 31.6 Å². The van der Waals surface area contributed by atoms with E-state index in [0.29, 0.717) is 0 Å². The molecule has 1 heterocycles. The normalized spacial score (nSPS) is 18.6. The van der Waals surface area contributed by atoms with Crippen LogP contribution < -0.4 is 0 Å². The van der Waals surface area contributed by atoms with Crippen LogP contribution in [0.15, 0.2) is 12.3 Å². The number of nitrogens with zero attached hydrogens (tertiary/aromatic N) is 2. The molecule has 3 nitrogen and oxygen atoms in total. The highest BCUT2D eigenvalue weighted by Gasteiger charge is 2.46. The molecule has 0 saturated heterocycles. The van der Waals surface area contributed by atoms with Gasteiger partial charge in [-0.3, -0.25) is 0 Å². The van der Waals surface area contributed by atoms with Crippen molar-refractivity contribution >= 4 is 0 Å². The van der Waals surface area contributed by atoms with Crippen LogP contribution in [0.4, 0.5) is 0 Å². The van der Waals surface area contributed by atoms with Gasteiger partial charge in [-0.25, -0.2) is 9.97 Å². The number of rotatable bonds is 3. The van der Waals surface area contributed by atoms with Crippen molar-refractivity contribution in [1.82, 2.24) is 9.97 Å². The maximum Gasteiger partial charge on any atom is 0.136 e. The van der Waals surface area contributed by atoms with Crippen molar-refractivity contribution in [3.8, 4) is 0 Å². The lowest BCUT2D eigenvalue weighted by Gasteiger charge is -2.09. The van der Waals surface area contributed by atoms with Crippen molar-refractivity contribution < 1.29 is 5.11 Å². The Morgan fingerprint density at radius 2 is 2.31 bits per heavy atom. The SMILES string of the molecule is CCc1ccnc(C2(CO)CC2)n1. The molecule has 2 rings (SSSR count). The first-order valence-corrected chi connectivity index (χ1v) is 4.74. The molecule has 1 N–H and O–H groups in total. The summed E-state index contributed by atoms with van der Waals surface area (Å²) < 4.78 is 0. The van der Waals surface area contributed by atoms with Crippen LogP contribution in [0.5, 0.6) is 0 Å². The van der Waals surface area contributed by atoms with Gasteiger partial charge in [-0.2, -0.15) is 0 Å². The second kappa shape index (κ2) is 3.07. The molecule has 1 aliphatic rings. The molecule has 0 bridgehead atoms. The van der Waals surface area contributed by atoms with Gasteiger partial charge in [0.15, 0.2) is 0 Å². The minimum absolute atomic E-state index is 0.0921. The Kier molecular flexibility index (Phi) is 2.04. The second-order valence-corrected chi connectivity index (χ2v) is 3.66. The molecule has 1 aliphatic carbocycles. The predicted octanol–water partition coefficient (Wildman–Crippen LogP) is 1.06. The van der Waals surface area contributed by atoms with E-state index in [9.17, 15) is 5.11 Å². The first-order chi connectivity index (χ1) is 6.30. The molecule has 1 aromatic heterocycles. The average molecular weight is 178 g/mol.